The topological polar surface area (TPSA) is 75.3 Å². The molecule has 0 spiro atoms. The molecule has 0 saturated heterocycles. The Labute approximate surface area is 152 Å². The highest BCUT2D eigenvalue weighted by atomic mass is 35.5. The third kappa shape index (κ3) is 5.04. The van der Waals surface area contributed by atoms with Crippen molar-refractivity contribution in [3.05, 3.63) is 47.3 Å². The summed E-state index contributed by atoms with van der Waals surface area (Å²) >= 11 is 0.987. The third-order valence-electron chi connectivity index (χ3n) is 3.24. The lowest BCUT2D eigenvalue weighted by Crippen LogP contribution is -2.38. The van der Waals surface area contributed by atoms with Crippen molar-refractivity contribution in [3.63, 3.8) is 0 Å². The number of nitrogens with one attached hydrogen (secondary N) is 2. The van der Waals surface area contributed by atoms with E-state index in [0.29, 0.717) is 11.4 Å². The van der Waals surface area contributed by atoms with Crippen LogP contribution in [-0.4, -0.2) is 33.5 Å². The van der Waals surface area contributed by atoms with Gasteiger partial charge in [-0.05, 0) is 37.7 Å². The Balaban J connectivity index is 0.00000288. The normalized spacial score (nSPS) is 12.2. The highest BCUT2D eigenvalue weighted by Gasteiger charge is 2.21. The number of carbonyl (C=O) groups excluding carboxylic acids is 1. The van der Waals surface area contributed by atoms with E-state index in [1.807, 2.05) is 13.8 Å². The highest BCUT2D eigenvalue weighted by molar-refractivity contribution is 7.93. The number of halogens is 1. The molecule has 132 valence electrons. The quantitative estimate of drug-likeness (QED) is 0.764. The molecule has 0 unspecified atom stereocenters. The van der Waals surface area contributed by atoms with E-state index in [0.717, 1.165) is 17.9 Å². The minimum absolute atomic E-state index is 0. The second kappa shape index (κ2) is 9.17. The number of amides is 1. The molecule has 0 bridgehead atoms. The average Bonchev–Trinajstić information content (AvgIpc) is 3.04. The van der Waals surface area contributed by atoms with E-state index >= 15 is 0 Å². The molecule has 0 aliphatic heterocycles. The molecule has 0 fully saturated rings. The van der Waals surface area contributed by atoms with E-state index in [-0.39, 0.29) is 33.5 Å². The van der Waals surface area contributed by atoms with Gasteiger partial charge in [-0.2, -0.15) is 0 Å². The van der Waals surface area contributed by atoms with Crippen LogP contribution < -0.4 is 10.6 Å². The van der Waals surface area contributed by atoms with E-state index in [4.69, 9.17) is 0 Å². The van der Waals surface area contributed by atoms with Crippen LogP contribution in [0.3, 0.4) is 0 Å². The number of hydrogen-bond acceptors (Lipinski definition) is 5. The molecule has 1 amide bonds. The summed E-state index contributed by atoms with van der Waals surface area (Å²) in [6.45, 7) is 5.29. The van der Waals surface area contributed by atoms with E-state index in [2.05, 4.69) is 10.6 Å². The first-order chi connectivity index (χ1) is 10.9. The minimum atomic E-state index is -3.57. The van der Waals surface area contributed by atoms with Crippen LogP contribution in [0.1, 0.15) is 23.5 Å². The number of benzene rings is 1. The summed E-state index contributed by atoms with van der Waals surface area (Å²) in [7, 11) is -3.57. The minimum Gasteiger partial charge on any atom is -0.350 e. The van der Waals surface area contributed by atoms with Crippen LogP contribution in [0.2, 0.25) is 0 Å². The lowest BCUT2D eigenvalue weighted by molar-refractivity contribution is 0.0954. The summed E-state index contributed by atoms with van der Waals surface area (Å²) in [5.41, 5.74) is 0. The number of carbonyl (C=O) groups is 1. The Morgan fingerprint density at radius 1 is 1.17 bits per heavy atom. The summed E-state index contributed by atoms with van der Waals surface area (Å²) < 4.78 is 25.2. The van der Waals surface area contributed by atoms with E-state index in [9.17, 15) is 13.2 Å². The van der Waals surface area contributed by atoms with Gasteiger partial charge in [-0.25, -0.2) is 8.42 Å². The van der Waals surface area contributed by atoms with Crippen LogP contribution in [-0.2, 0) is 9.84 Å². The summed E-state index contributed by atoms with van der Waals surface area (Å²) in [5.74, 6) is -0.255. The van der Waals surface area contributed by atoms with Gasteiger partial charge in [0.25, 0.3) is 5.91 Å². The van der Waals surface area contributed by atoms with Crippen molar-refractivity contribution in [3.8, 4) is 0 Å². The second-order valence-corrected chi connectivity index (χ2v) is 8.36. The van der Waals surface area contributed by atoms with Gasteiger partial charge in [0.15, 0.2) is 0 Å². The van der Waals surface area contributed by atoms with Gasteiger partial charge in [-0.3, -0.25) is 4.79 Å². The Morgan fingerprint density at radius 3 is 2.46 bits per heavy atom. The first-order valence-corrected chi connectivity index (χ1v) is 9.66. The monoisotopic (exact) mass is 388 g/mol. The Bertz CT molecular complexity index is 761. The van der Waals surface area contributed by atoms with Crippen LogP contribution in [0.25, 0.3) is 0 Å². The van der Waals surface area contributed by atoms with Crippen LogP contribution >= 0.6 is 23.7 Å². The van der Waals surface area contributed by atoms with Gasteiger partial charge >= 0.3 is 0 Å². The predicted octanol–water partition coefficient (Wildman–Crippen LogP) is 2.73. The van der Waals surface area contributed by atoms with Crippen LogP contribution in [0.15, 0.2) is 51.6 Å². The molecule has 0 saturated carbocycles. The number of hydrogen-bond donors (Lipinski definition) is 2. The maximum absolute atomic E-state index is 12.5. The van der Waals surface area contributed by atoms with Crippen molar-refractivity contribution >= 4 is 39.5 Å². The lowest BCUT2D eigenvalue weighted by Gasteiger charge is -2.12. The molecule has 1 atom stereocenters. The van der Waals surface area contributed by atoms with Gasteiger partial charge in [-0.15, -0.1) is 23.7 Å². The Kier molecular flexibility index (Phi) is 7.89. The largest absolute Gasteiger partial charge is 0.350 e. The zero-order valence-corrected chi connectivity index (χ0v) is 15.9. The first-order valence-electron chi connectivity index (χ1n) is 7.36. The Morgan fingerprint density at radius 2 is 1.83 bits per heavy atom. The molecule has 1 aromatic heterocycles. The van der Waals surface area contributed by atoms with Crippen LogP contribution in [0.4, 0.5) is 0 Å². The highest BCUT2D eigenvalue weighted by Crippen LogP contribution is 2.27. The number of sulfone groups is 1. The maximum Gasteiger partial charge on any atom is 0.261 e. The van der Waals surface area contributed by atoms with E-state index in [1.165, 1.54) is 6.07 Å². The number of rotatable bonds is 7. The van der Waals surface area contributed by atoms with Gasteiger partial charge < -0.3 is 10.6 Å². The Hall–Kier alpha value is -1.41. The SMILES string of the molecule is CCN[C@H](C)CNC(=O)c1ccc(S(=O)(=O)c2ccccc2)s1.Cl. The van der Waals surface area contributed by atoms with Gasteiger partial charge in [0.1, 0.15) is 4.21 Å². The zero-order chi connectivity index (χ0) is 16.9. The third-order valence-corrected chi connectivity index (χ3v) is 6.59. The maximum atomic E-state index is 12.5. The molecule has 0 radical (unpaired) electrons. The van der Waals surface area contributed by atoms with E-state index in [1.54, 1.807) is 36.4 Å². The van der Waals surface area contributed by atoms with Crippen LogP contribution in [0, 0.1) is 0 Å². The first kappa shape index (κ1) is 20.6. The van der Waals surface area contributed by atoms with E-state index < -0.39 is 9.84 Å². The van der Waals surface area contributed by atoms with Crippen molar-refractivity contribution < 1.29 is 13.2 Å². The molecule has 2 rings (SSSR count). The van der Waals surface area contributed by atoms with Crippen molar-refractivity contribution in [2.24, 2.45) is 0 Å². The van der Waals surface area contributed by atoms with Crippen molar-refractivity contribution in [2.75, 3.05) is 13.1 Å². The molecular weight excluding hydrogens is 368 g/mol. The van der Waals surface area contributed by atoms with Gasteiger partial charge in [0.2, 0.25) is 9.84 Å². The molecule has 8 heteroatoms. The molecule has 0 aliphatic carbocycles. The van der Waals surface area contributed by atoms with Gasteiger partial charge in [0, 0.05) is 12.6 Å². The van der Waals surface area contributed by atoms with Crippen LogP contribution in [0.5, 0.6) is 0 Å². The molecule has 2 N–H and O–H groups in total. The van der Waals surface area contributed by atoms with Crippen molar-refractivity contribution in [2.45, 2.75) is 29.0 Å². The summed E-state index contributed by atoms with van der Waals surface area (Å²) in [6, 6.07) is 11.4. The number of likely N-dealkylation sites (N-methyl/N-ethyl adjacent to an activating group) is 1. The lowest BCUT2D eigenvalue weighted by atomic mass is 10.3. The molecule has 24 heavy (non-hydrogen) atoms. The molecule has 2 aromatic rings. The fourth-order valence-electron chi connectivity index (χ4n) is 2.06. The smallest absolute Gasteiger partial charge is 0.261 e. The van der Waals surface area contributed by atoms with Gasteiger partial charge in [0.05, 0.1) is 9.77 Å². The molecular formula is C16H21ClN2O3S2. The zero-order valence-electron chi connectivity index (χ0n) is 13.5. The standard InChI is InChI=1S/C16H20N2O3S2.ClH/c1-3-17-12(2)11-18-16(19)14-9-10-15(22-14)23(20,21)13-7-5-4-6-8-13;/h4-10,12,17H,3,11H2,1-2H3,(H,18,19);1H/t12-;/m1./s1. The fraction of sp³-hybridized carbons (Fsp3) is 0.312. The van der Waals surface area contributed by atoms with Crippen molar-refractivity contribution in [1.82, 2.24) is 10.6 Å². The summed E-state index contributed by atoms with van der Waals surface area (Å²) in [4.78, 5) is 12.7. The summed E-state index contributed by atoms with van der Waals surface area (Å²) in [5, 5.41) is 6.00. The average molecular weight is 389 g/mol. The van der Waals surface area contributed by atoms with Crippen molar-refractivity contribution in [1.29, 1.82) is 0 Å². The molecule has 0 aliphatic rings. The molecule has 1 aromatic carbocycles. The predicted molar refractivity (Wildman–Crippen MR) is 98.9 cm³/mol. The molecule has 1 heterocycles. The second-order valence-electron chi connectivity index (χ2n) is 5.10. The fourth-order valence-corrected chi connectivity index (χ4v) is 4.70. The number of thiophene rings is 1. The molecule has 5 nitrogen and oxygen atoms in total. The van der Waals surface area contributed by atoms with Gasteiger partial charge in [-0.1, -0.05) is 25.1 Å². The summed E-state index contributed by atoms with van der Waals surface area (Å²) in [6.07, 6.45) is 0.